The van der Waals surface area contributed by atoms with Crippen LogP contribution in [-0.4, -0.2) is 4.57 Å². The van der Waals surface area contributed by atoms with Gasteiger partial charge in [0.1, 0.15) is 0 Å². The molecule has 0 fully saturated rings. The molecule has 0 radical (unpaired) electrons. The van der Waals surface area contributed by atoms with Gasteiger partial charge in [-0.1, -0.05) is 164 Å². The van der Waals surface area contributed by atoms with E-state index in [0.29, 0.717) is 0 Å². The average molecular weight is 895 g/mol. The summed E-state index contributed by atoms with van der Waals surface area (Å²) in [5.74, 6) is 0. The molecule has 1 aliphatic rings. The molecule has 0 amide bonds. The highest BCUT2D eigenvalue weighted by molar-refractivity contribution is 6.10. The molecule has 0 saturated heterocycles. The first-order chi connectivity index (χ1) is 34.7. The number of aromatic nitrogens is 1. The topological polar surface area (TPSA) is 14.7 Å². The molecule has 0 saturated carbocycles. The van der Waals surface area contributed by atoms with Gasteiger partial charge in [-0.05, 0) is 149 Å². The van der Waals surface area contributed by atoms with Crippen LogP contribution in [0.4, 0.5) is 51.2 Å². The first kappa shape index (κ1) is 40.9. The van der Waals surface area contributed by atoms with Gasteiger partial charge in [-0.25, -0.2) is 0 Å². The summed E-state index contributed by atoms with van der Waals surface area (Å²) in [7, 11) is 0. The second-order valence-corrected chi connectivity index (χ2v) is 17.8. The van der Waals surface area contributed by atoms with E-state index in [0.717, 1.165) is 68.0 Å². The molecule has 0 aliphatic carbocycles. The SMILES string of the molecule is c1ccc(-c2ccc(N(c3ccc(-c4ccc5c(c4)N(c4ccccc4)c4ccccc4N5c4ccccc4)cc3)c3ccc(-c4ccc5c(c4)c4ccccc4n5-c4ccccc4)cc3)cc2)cc1. The van der Waals surface area contributed by atoms with Gasteiger partial charge in [0.2, 0.25) is 0 Å². The Labute approximate surface area is 408 Å². The Morgan fingerprint density at radius 2 is 0.600 bits per heavy atom. The lowest BCUT2D eigenvalue weighted by molar-refractivity contribution is 1.17. The number of fused-ring (bicyclic) bond motifs is 5. The van der Waals surface area contributed by atoms with E-state index in [9.17, 15) is 0 Å². The standard InChI is InChI=1S/C66H46N4/c1-5-17-47(18-6-1)48-29-37-56(38-30-48)67(57-39-31-49(32-40-57)51-35-43-62-60(45-51)59-25-13-14-26-61(59)68(62)53-19-7-2-8-20-53)58-41-33-50(34-42-58)52-36-44-65-66(46-52)70(55-23-11-4-12-24-55)64-28-16-15-27-63(64)69(65)54-21-9-3-10-22-54/h1-46H. The van der Waals surface area contributed by atoms with E-state index in [1.54, 1.807) is 0 Å². The second kappa shape index (κ2) is 17.4. The van der Waals surface area contributed by atoms with Gasteiger partial charge >= 0.3 is 0 Å². The zero-order chi connectivity index (χ0) is 46.4. The smallest absolute Gasteiger partial charge is 0.0709 e. The van der Waals surface area contributed by atoms with Gasteiger partial charge in [-0.2, -0.15) is 0 Å². The van der Waals surface area contributed by atoms with Crippen molar-refractivity contribution in [3.63, 3.8) is 0 Å². The number of benzene rings is 11. The molecule has 4 nitrogen and oxygen atoms in total. The van der Waals surface area contributed by atoms with Crippen LogP contribution < -0.4 is 14.7 Å². The van der Waals surface area contributed by atoms with Crippen LogP contribution in [0, 0.1) is 0 Å². The highest BCUT2D eigenvalue weighted by Crippen LogP contribution is 2.55. The minimum Gasteiger partial charge on any atom is -0.311 e. The number of rotatable bonds is 9. The molecule has 13 rings (SSSR count). The van der Waals surface area contributed by atoms with E-state index in [1.165, 1.54) is 44.1 Å². The fourth-order valence-corrected chi connectivity index (χ4v) is 10.4. The van der Waals surface area contributed by atoms with Crippen molar-refractivity contribution in [3.8, 4) is 39.1 Å². The van der Waals surface area contributed by atoms with Crippen molar-refractivity contribution in [2.75, 3.05) is 14.7 Å². The summed E-state index contributed by atoms with van der Waals surface area (Å²) in [6.45, 7) is 0. The van der Waals surface area contributed by atoms with E-state index in [2.05, 4.69) is 298 Å². The van der Waals surface area contributed by atoms with E-state index in [-0.39, 0.29) is 0 Å². The summed E-state index contributed by atoms with van der Waals surface area (Å²) in [4.78, 5) is 7.14. The predicted octanol–water partition coefficient (Wildman–Crippen LogP) is 18.5. The lowest BCUT2D eigenvalue weighted by Crippen LogP contribution is -2.24. The first-order valence-corrected chi connectivity index (χ1v) is 23.9. The quantitative estimate of drug-likeness (QED) is 0.143. The number of hydrogen-bond acceptors (Lipinski definition) is 3. The normalized spacial score (nSPS) is 11.9. The Kier molecular flexibility index (Phi) is 10.1. The van der Waals surface area contributed by atoms with Crippen LogP contribution in [-0.2, 0) is 0 Å². The molecular weight excluding hydrogens is 849 g/mol. The van der Waals surface area contributed by atoms with Crippen molar-refractivity contribution in [1.82, 2.24) is 4.57 Å². The maximum Gasteiger partial charge on any atom is 0.0709 e. The van der Waals surface area contributed by atoms with Crippen molar-refractivity contribution >= 4 is 73.0 Å². The summed E-state index contributed by atoms with van der Waals surface area (Å²) in [5, 5.41) is 2.49. The van der Waals surface area contributed by atoms with Gasteiger partial charge in [0.25, 0.3) is 0 Å². The van der Waals surface area contributed by atoms with Crippen LogP contribution in [0.2, 0.25) is 0 Å². The van der Waals surface area contributed by atoms with Gasteiger partial charge in [0, 0.05) is 44.9 Å². The monoisotopic (exact) mass is 894 g/mol. The average Bonchev–Trinajstić information content (AvgIpc) is 3.77. The van der Waals surface area contributed by atoms with Gasteiger partial charge in [0.05, 0.1) is 33.8 Å². The number of para-hydroxylation sites is 6. The Balaban J connectivity index is 0.881. The van der Waals surface area contributed by atoms with Crippen LogP contribution in [0.5, 0.6) is 0 Å². The van der Waals surface area contributed by atoms with E-state index in [4.69, 9.17) is 0 Å². The van der Waals surface area contributed by atoms with Gasteiger partial charge in [0.15, 0.2) is 0 Å². The highest BCUT2D eigenvalue weighted by Gasteiger charge is 2.30. The van der Waals surface area contributed by atoms with Gasteiger partial charge < -0.3 is 19.3 Å². The molecule has 0 N–H and O–H groups in total. The molecule has 0 atom stereocenters. The minimum atomic E-state index is 1.08. The molecule has 12 aromatic rings. The van der Waals surface area contributed by atoms with E-state index < -0.39 is 0 Å². The van der Waals surface area contributed by atoms with E-state index >= 15 is 0 Å². The van der Waals surface area contributed by atoms with Crippen LogP contribution in [0.15, 0.2) is 279 Å². The van der Waals surface area contributed by atoms with Crippen LogP contribution in [0.25, 0.3) is 60.9 Å². The summed E-state index contributed by atoms with van der Waals surface area (Å²) in [6.07, 6.45) is 0. The van der Waals surface area contributed by atoms with Crippen molar-refractivity contribution in [2.24, 2.45) is 0 Å². The van der Waals surface area contributed by atoms with Crippen LogP contribution in [0.3, 0.4) is 0 Å². The van der Waals surface area contributed by atoms with E-state index in [1.807, 2.05) is 0 Å². The zero-order valence-electron chi connectivity index (χ0n) is 38.3. The van der Waals surface area contributed by atoms with Crippen molar-refractivity contribution in [3.05, 3.63) is 279 Å². The maximum atomic E-state index is 2.40. The Hall–Kier alpha value is -9.38. The molecule has 11 aromatic carbocycles. The molecule has 1 aromatic heterocycles. The molecule has 0 unspecified atom stereocenters. The molecule has 1 aliphatic heterocycles. The molecule has 0 bridgehead atoms. The number of hydrogen-bond donors (Lipinski definition) is 0. The maximum absolute atomic E-state index is 2.40. The van der Waals surface area contributed by atoms with Crippen LogP contribution in [0.1, 0.15) is 0 Å². The third-order valence-corrected chi connectivity index (χ3v) is 13.7. The van der Waals surface area contributed by atoms with Gasteiger partial charge in [-0.15, -0.1) is 0 Å². The van der Waals surface area contributed by atoms with Crippen molar-refractivity contribution < 1.29 is 0 Å². The lowest BCUT2D eigenvalue weighted by atomic mass is 9.99. The highest BCUT2D eigenvalue weighted by atomic mass is 15.3. The second-order valence-electron chi connectivity index (χ2n) is 17.8. The van der Waals surface area contributed by atoms with Gasteiger partial charge in [-0.3, -0.25) is 0 Å². The third-order valence-electron chi connectivity index (χ3n) is 13.7. The van der Waals surface area contributed by atoms with Crippen molar-refractivity contribution in [1.29, 1.82) is 0 Å². The zero-order valence-corrected chi connectivity index (χ0v) is 38.3. The Bertz CT molecular complexity index is 3790. The summed E-state index contributed by atoms with van der Waals surface area (Å²) >= 11 is 0. The largest absolute Gasteiger partial charge is 0.311 e. The summed E-state index contributed by atoms with van der Waals surface area (Å²) in [6, 6.07) is 101. The fraction of sp³-hybridized carbons (Fsp3) is 0. The van der Waals surface area contributed by atoms with Crippen molar-refractivity contribution in [2.45, 2.75) is 0 Å². The fourth-order valence-electron chi connectivity index (χ4n) is 10.4. The Morgan fingerprint density at radius 1 is 0.229 bits per heavy atom. The molecule has 330 valence electrons. The van der Waals surface area contributed by atoms with Crippen LogP contribution >= 0.6 is 0 Å². The molecule has 2 heterocycles. The Morgan fingerprint density at radius 3 is 1.16 bits per heavy atom. The third kappa shape index (κ3) is 7.18. The molecule has 4 heteroatoms. The lowest BCUT2D eigenvalue weighted by Gasteiger charge is -2.40. The first-order valence-electron chi connectivity index (χ1n) is 23.9. The molecular formula is C66H46N4. The molecule has 70 heavy (non-hydrogen) atoms. The minimum absolute atomic E-state index is 1.08. The molecule has 0 spiro atoms. The summed E-state index contributed by atoms with van der Waals surface area (Å²) in [5.41, 5.74) is 20.6. The number of nitrogens with zero attached hydrogens (tertiary/aromatic N) is 4. The summed E-state index contributed by atoms with van der Waals surface area (Å²) < 4.78 is 2.37. The number of anilines is 9. The predicted molar refractivity (Wildman–Crippen MR) is 295 cm³/mol.